The summed E-state index contributed by atoms with van der Waals surface area (Å²) in [6.45, 7) is 7.96. The molecule has 0 N–H and O–H groups in total. The molecule has 82 valence electrons. The van der Waals surface area contributed by atoms with Gasteiger partial charge < -0.3 is 9.47 Å². The van der Waals surface area contributed by atoms with Gasteiger partial charge in [-0.2, -0.15) is 0 Å². The van der Waals surface area contributed by atoms with E-state index in [-0.39, 0.29) is 6.10 Å². The summed E-state index contributed by atoms with van der Waals surface area (Å²) >= 11 is 0. The van der Waals surface area contributed by atoms with Crippen LogP contribution in [0.25, 0.3) is 0 Å². The van der Waals surface area contributed by atoms with Gasteiger partial charge in [-0.05, 0) is 37.5 Å². The normalized spacial score (nSPS) is 21.4. The number of rotatable bonds is 4. The molecule has 1 aromatic carbocycles. The van der Waals surface area contributed by atoms with Crippen molar-refractivity contribution in [3.63, 3.8) is 0 Å². The van der Waals surface area contributed by atoms with Crippen LogP contribution < -0.4 is 0 Å². The molecule has 1 fully saturated rings. The molecular weight excluding hydrogens is 188 g/mol. The second-order valence-corrected chi connectivity index (χ2v) is 4.22. The van der Waals surface area contributed by atoms with Crippen LogP contribution in [0.3, 0.4) is 0 Å². The first-order valence-corrected chi connectivity index (χ1v) is 5.48. The average molecular weight is 206 g/mol. The van der Waals surface area contributed by atoms with Crippen molar-refractivity contribution < 1.29 is 9.47 Å². The molecule has 0 aliphatic carbocycles. The fourth-order valence-corrected chi connectivity index (χ4v) is 1.72. The van der Waals surface area contributed by atoms with Crippen LogP contribution in [0.4, 0.5) is 0 Å². The molecule has 1 heterocycles. The molecule has 0 radical (unpaired) electrons. The van der Waals surface area contributed by atoms with Gasteiger partial charge >= 0.3 is 0 Å². The number of hydrogen-bond donors (Lipinski definition) is 0. The van der Waals surface area contributed by atoms with Gasteiger partial charge in [-0.3, -0.25) is 0 Å². The first-order chi connectivity index (χ1) is 7.18. The van der Waals surface area contributed by atoms with Crippen LogP contribution >= 0.6 is 0 Å². The van der Waals surface area contributed by atoms with Crippen molar-refractivity contribution >= 4 is 0 Å². The summed E-state index contributed by atoms with van der Waals surface area (Å²) in [5, 5.41) is 0. The van der Waals surface area contributed by atoms with E-state index in [1.54, 1.807) is 0 Å². The predicted octanol–water partition coefficient (Wildman–Crippen LogP) is 2.78. The molecular formula is C13H18O2. The van der Waals surface area contributed by atoms with E-state index >= 15 is 0 Å². The second kappa shape index (κ2) is 4.33. The zero-order valence-corrected chi connectivity index (χ0v) is 9.62. The minimum Gasteiger partial charge on any atom is -0.371 e. The van der Waals surface area contributed by atoms with Crippen molar-refractivity contribution in [2.45, 2.75) is 33.0 Å². The molecule has 1 aliphatic rings. The molecule has 2 atom stereocenters. The van der Waals surface area contributed by atoms with Crippen molar-refractivity contribution in [1.29, 1.82) is 0 Å². The Morgan fingerprint density at radius 3 is 2.87 bits per heavy atom. The van der Waals surface area contributed by atoms with Gasteiger partial charge in [-0.15, -0.1) is 0 Å². The van der Waals surface area contributed by atoms with Crippen molar-refractivity contribution in [3.8, 4) is 0 Å². The maximum Gasteiger partial charge on any atom is 0.104 e. The fraction of sp³-hybridized carbons (Fsp3) is 0.538. The molecule has 15 heavy (non-hydrogen) atoms. The lowest BCUT2D eigenvalue weighted by Gasteiger charge is -2.16. The highest BCUT2D eigenvalue weighted by Crippen LogP contribution is 2.24. The van der Waals surface area contributed by atoms with E-state index in [4.69, 9.17) is 9.47 Å². The Morgan fingerprint density at radius 1 is 1.47 bits per heavy atom. The van der Waals surface area contributed by atoms with Gasteiger partial charge in [0.25, 0.3) is 0 Å². The van der Waals surface area contributed by atoms with Gasteiger partial charge in [-0.25, -0.2) is 0 Å². The average Bonchev–Trinajstić information content (AvgIpc) is 3.02. The molecule has 0 saturated carbocycles. The van der Waals surface area contributed by atoms with Gasteiger partial charge in [0.2, 0.25) is 0 Å². The second-order valence-electron chi connectivity index (χ2n) is 4.22. The highest BCUT2D eigenvalue weighted by molar-refractivity contribution is 5.34. The summed E-state index contributed by atoms with van der Waals surface area (Å²) in [6.07, 6.45) is 0.506. The Kier molecular flexibility index (Phi) is 3.08. The molecule has 0 amide bonds. The Hall–Kier alpha value is -0.860. The number of benzene rings is 1. The summed E-state index contributed by atoms with van der Waals surface area (Å²) in [4.78, 5) is 0. The third-order valence-corrected chi connectivity index (χ3v) is 3.02. The van der Waals surface area contributed by atoms with Crippen LogP contribution in [-0.4, -0.2) is 19.3 Å². The summed E-state index contributed by atoms with van der Waals surface area (Å²) in [7, 11) is 0. The first-order valence-electron chi connectivity index (χ1n) is 5.48. The van der Waals surface area contributed by atoms with Crippen LogP contribution in [0.15, 0.2) is 18.2 Å². The third-order valence-electron chi connectivity index (χ3n) is 3.02. The zero-order valence-electron chi connectivity index (χ0n) is 9.62. The smallest absolute Gasteiger partial charge is 0.104 e. The van der Waals surface area contributed by atoms with E-state index < -0.39 is 0 Å². The quantitative estimate of drug-likeness (QED) is 0.706. The Balaban J connectivity index is 2.02. The Bertz CT molecular complexity index is 342. The number of hydrogen-bond acceptors (Lipinski definition) is 2. The fourth-order valence-electron chi connectivity index (χ4n) is 1.72. The summed E-state index contributed by atoms with van der Waals surface area (Å²) in [5.41, 5.74) is 3.95. The van der Waals surface area contributed by atoms with Crippen LogP contribution in [-0.2, 0) is 9.47 Å². The standard InChI is InChI=1S/C13H18O2/c1-9-5-4-6-13(10(9)2)11(3)14-7-12-8-15-12/h4-6,11-12H,7-8H2,1-3H3/t11?,12-/m0/s1. The summed E-state index contributed by atoms with van der Waals surface area (Å²) in [5.74, 6) is 0. The molecule has 2 rings (SSSR count). The monoisotopic (exact) mass is 206 g/mol. The molecule has 0 spiro atoms. The number of ether oxygens (including phenoxy) is 2. The largest absolute Gasteiger partial charge is 0.371 e. The van der Waals surface area contributed by atoms with Gasteiger partial charge in [0.1, 0.15) is 6.10 Å². The van der Waals surface area contributed by atoms with Crippen LogP contribution in [0, 0.1) is 13.8 Å². The van der Waals surface area contributed by atoms with E-state index in [9.17, 15) is 0 Å². The van der Waals surface area contributed by atoms with E-state index in [2.05, 4.69) is 39.0 Å². The summed E-state index contributed by atoms with van der Waals surface area (Å²) in [6, 6.07) is 6.36. The maximum absolute atomic E-state index is 5.76. The van der Waals surface area contributed by atoms with Gasteiger partial charge in [0.15, 0.2) is 0 Å². The topological polar surface area (TPSA) is 21.8 Å². The molecule has 2 nitrogen and oxygen atoms in total. The van der Waals surface area contributed by atoms with E-state index in [1.807, 2.05) is 0 Å². The molecule has 1 saturated heterocycles. The highest BCUT2D eigenvalue weighted by Gasteiger charge is 2.23. The van der Waals surface area contributed by atoms with Crippen LogP contribution in [0.1, 0.15) is 29.7 Å². The van der Waals surface area contributed by atoms with Crippen molar-refractivity contribution in [2.24, 2.45) is 0 Å². The van der Waals surface area contributed by atoms with E-state index in [1.165, 1.54) is 16.7 Å². The first kappa shape index (κ1) is 10.7. The molecule has 0 aromatic heterocycles. The van der Waals surface area contributed by atoms with Gasteiger partial charge in [0.05, 0.1) is 19.3 Å². The lowest BCUT2D eigenvalue weighted by atomic mass is 10.00. The van der Waals surface area contributed by atoms with Crippen molar-refractivity contribution in [3.05, 3.63) is 34.9 Å². The van der Waals surface area contributed by atoms with Crippen molar-refractivity contribution in [2.75, 3.05) is 13.2 Å². The van der Waals surface area contributed by atoms with Crippen molar-refractivity contribution in [1.82, 2.24) is 0 Å². The lowest BCUT2D eigenvalue weighted by Crippen LogP contribution is -2.07. The molecule has 1 aromatic rings. The van der Waals surface area contributed by atoms with E-state index in [0.29, 0.717) is 12.7 Å². The van der Waals surface area contributed by atoms with Crippen LogP contribution in [0.2, 0.25) is 0 Å². The van der Waals surface area contributed by atoms with Gasteiger partial charge in [-0.1, -0.05) is 18.2 Å². The molecule has 1 aliphatic heterocycles. The Labute approximate surface area is 91.2 Å². The highest BCUT2D eigenvalue weighted by atomic mass is 16.6. The maximum atomic E-state index is 5.76. The molecule has 0 bridgehead atoms. The molecule has 1 unspecified atom stereocenters. The zero-order chi connectivity index (χ0) is 10.8. The van der Waals surface area contributed by atoms with E-state index in [0.717, 1.165) is 6.61 Å². The summed E-state index contributed by atoms with van der Waals surface area (Å²) < 4.78 is 10.9. The SMILES string of the molecule is Cc1cccc(C(C)OC[C@H]2CO2)c1C. The molecule has 2 heteroatoms. The minimum absolute atomic E-state index is 0.161. The van der Waals surface area contributed by atoms with Gasteiger partial charge in [0, 0.05) is 0 Å². The van der Waals surface area contributed by atoms with Crippen LogP contribution in [0.5, 0.6) is 0 Å². The number of aryl methyl sites for hydroxylation is 1. The predicted molar refractivity (Wildman–Crippen MR) is 60.0 cm³/mol. The minimum atomic E-state index is 0.161. The third kappa shape index (κ3) is 2.58. The number of epoxide rings is 1. The Morgan fingerprint density at radius 2 is 2.20 bits per heavy atom. The lowest BCUT2D eigenvalue weighted by molar-refractivity contribution is 0.0535.